The van der Waals surface area contributed by atoms with E-state index in [1.807, 2.05) is 12.1 Å². The zero-order valence-electron chi connectivity index (χ0n) is 21.5. The molecule has 0 saturated heterocycles. The fourth-order valence-corrected chi connectivity index (χ4v) is 7.70. The largest absolute Gasteiger partial charge is 0.508 e. The maximum atomic E-state index is 13.1. The Morgan fingerprint density at radius 3 is 2.51 bits per heavy atom. The Bertz CT molecular complexity index is 927. The van der Waals surface area contributed by atoms with Gasteiger partial charge in [-0.3, -0.25) is 9.69 Å². The lowest BCUT2D eigenvalue weighted by Crippen LogP contribution is -2.73. The molecule has 0 aliphatic heterocycles. The highest BCUT2D eigenvalue weighted by Gasteiger charge is 2.63. The fraction of sp³-hybridized carbons (Fsp3) is 0.759. The van der Waals surface area contributed by atoms with E-state index in [0.717, 1.165) is 49.9 Å². The monoisotopic (exact) mass is 484 g/mol. The highest BCUT2D eigenvalue weighted by Crippen LogP contribution is 2.56. The van der Waals surface area contributed by atoms with Crippen LogP contribution >= 0.6 is 0 Å². The second-order valence-electron chi connectivity index (χ2n) is 11.9. The quantitative estimate of drug-likeness (QED) is 0.474. The predicted molar refractivity (Wildman–Crippen MR) is 136 cm³/mol. The summed E-state index contributed by atoms with van der Waals surface area (Å²) in [5.74, 6) is 0.957. The number of hydrogen-bond acceptors (Lipinski definition) is 5. The molecule has 6 heteroatoms. The molecule has 4 N–H and O–H groups in total. The van der Waals surface area contributed by atoms with Crippen molar-refractivity contribution in [3.05, 3.63) is 29.3 Å². The first-order valence-electron chi connectivity index (χ1n) is 14.1. The number of rotatable bonds is 7. The molecule has 3 saturated carbocycles. The number of aliphatic hydroxyl groups is 2. The topological polar surface area (TPSA) is 93.0 Å². The number of hydrogen-bond donors (Lipinski definition) is 4. The maximum Gasteiger partial charge on any atom is 0.223 e. The van der Waals surface area contributed by atoms with Crippen molar-refractivity contribution in [3.8, 4) is 5.75 Å². The smallest absolute Gasteiger partial charge is 0.223 e. The molecule has 4 aliphatic carbocycles. The van der Waals surface area contributed by atoms with E-state index in [1.54, 1.807) is 6.07 Å². The van der Waals surface area contributed by atoms with Crippen molar-refractivity contribution in [2.24, 2.45) is 11.8 Å². The number of phenolic OH excluding ortho intramolecular Hbond substituents is 1. The molecule has 0 radical (unpaired) electrons. The highest BCUT2D eigenvalue weighted by atomic mass is 16.3. The van der Waals surface area contributed by atoms with Crippen LogP contribution in [0.3, 0.4) is 0 Å². The van der Waals surface area contributed by atoms with Crippen LogP contribution in [0.2, 0.25) is 0 Å². The normalized spacial score (nSPS) is 35.4. The number of aliphatic hydroxyl groups excluding tert-OH is 1. The third-order valence-electron chi connectivity index (χ3n) is 9.90. The zero-order valence-corrected chi connectivity index (χ0v) is 21.5. The second-order valence-corrected chi connectivity index (χ2v) is 11.9. The number of carbonyl (C=O) groups is 1. The van der Waals surface area contributed by atoms with E-state index in [0.29, 0.717) is 31.6 Å². The Morgan fingerprint density at radius 2 is 1.86 bits per heavy atom. The Kier molecular flexibility index (Phi) is 6.92. The minimum atomic E-state index is -1.11. The molecule has 3 fully saturated rings. The van der Waals surface area contributed by atoms with Crippen molar-refractivity contribution in [2.75, 3.05) is 13.1 Å². The molecule has 1 unspecified atom stereocenters. The summed E-state index contributed by atoms with van der Waals surface area (Å²) >= 11 is 0. The van der Waals surface area contributed by atoms with Crippen molar-refractivity contribution < 1.29 is 20.1 Å². The van der Waals surface area contributed by atoms with Gasteiger partial charge in [-0.1, -0.05) is 39.2 Å². The van der Waals surface area contributed by atoms with E-state index in [9.17, 15) is 20.1 Å². The summed E-state index contributed by atoms with van der Waals surface area (Å²) in [6.45, 7) is 6.11. The average Bonchev–Trinajstić information content (AvgIpc) is 3.68. The lowest BCUT2D eigenvalue weighted by molar-refractivity contribution is -0.167. The van der Waals surface area contributed by atoms with Gasteiger partial charge in [-0.25, -0.2) is 0 Å². The second kappa shape index (κ2) is 9.68. The molecule has 35 heavy (non-hydrogen) atoms. The first-order valence-corrected chi connectivity index (χ1v) is 14.1. The lowest BCUT2D eigenvalue weighted by atomic mass is 9.50. The van der Waals surface area contributed by atoms with Crippen LogP contribution in [0.1, 0.15) is 89.2 Å². The number of fused-ring (bicyclic) bond motifs is 3. The first kappa shape index (κ1) is 25.0. The number of aromatic hydroxyl groups is 1. The van der Waals surface area contributed by atoms with Gasteiger partial charge in [0.05, 0.1) is 17.7 Å². The van der Waals surface area contributed by atoms with Crippen LogP contribution in [0.25, 0.3) is 0 Å². The van der Waals surface area contributed by atoms with Crippen molar-refractivity contribution in [3.63, 3.8) is 0 Å². The number of nitrogens with zero attached hydrogens (tertiary/aromatic N) is 1. The number of amides is 1. The van der Waals surface area contributed by atoms with Gasteiger partial charge in [-0.05, 0) is 80.7 Å². The van der Waals surface area contributed by atoms with Crippen molar-refractivity contribution in [1.82, 2.24) is 10.2 Å². The Morgan fingerprint density at radius 1 is 1.11 bits per heavy atom. The molecule has 194 valence electrons. The minimum absolute atomic E-state index is 0.0188. The zero-order chi connectivity index (χ0) is 24.8. The molecule has 5 atom stereocenters. The number of benzene rings is 1. The van der Waals surface area contributed by atoms with Gasteiger partial charge in [0.15, 0.2) is 0 Å². The van der Waals surface area contributed by atoms with Crippen molar-refractivity contribution in [1.29, 1.82) is 0 Å². The first-order chi connectivity index (χ1) is 16.8. The van der Waals surface area contributed by atoms with Crippen LogP contribution < -0.4 is 5.32 Å². The number of nitrogens with one attached hydrogen (secondary N) is 1. The standard InChI is InChI=1S/C29H44N2O4/c1-3-28-17-25(33)24(30-27(34)20-8-6-5-7-9-20)16-29(28,35)26(31(4-2)18-19-10-11-19)14-21-12-13-22(32)15-23(21)28/h12-13,15,19-20,24-26,32-33,35H,3-11,14,16-18H2,1-2H3,(H,30,34)/t24-,25?,26+,28+,29+/m0/s1. The van der Waals surface area contributed by atoms with E-state index in [2.05, 4.69) is 24.1 Å². The highest BCUT2D eigenvalue weighted by molar-refractivity contribution is 5.79. The van der Waals surface area contributed by atoms with E-state index >= 15 is 0 Å². The molecule has 0 heterocycles. The van der Waals surface area contributed by atoms with E-state index < -0.39 is 23.2 Å². The summed E-state index contributed by atoms with van der Waals surface area (Å²) in [5.41, 5.74) is 0.340. The molecule has 1 amide bonds. The van der Waals surface area contributed by atoms with Gasteiger partial charge in [0.2, 0.25) is 5.91 Å². The van der Waals surface area contributed by atoms with Crippen LogP contribution in [0.15, 0.2) is 18.2 Å². The Hall–Kier alpha value is -1.63. The van der Waals surface area contributed by atoms with E-state index in [1.165, 1.54) is 19.3 Å². The van der Waals surface area contributed by atoms with Gasteiger partial charge in [0, 0.05) is 30.3 Å². The molecule has 1 aromatic carbocycles. The number of phenols is 1. The number of carbonyl (C=O) groups excluding carboxylic acids is 1. The van der Waals surface area contributed by atoms with Crippen molar-refractivity contribution >= 4 is 5.91 Å². The van der Waals surface area contributed by atoms with Gasteiger partial charge in [-0.2, -0.15) is 0 Å². The van der Waals surface area contributed by atoms with Crippen LogP contribution in [-0.2, 0) is 16.6 Å². The predicted octanol–water partition coefficient (Wildman–Crippen LogP) is 3.65. The fourth-order valence-electron chi connectivity index (χ4n) is 7.70. The molecule has 0 aromatic heterocycles. The van der Waals surface area contributed by atoms with Gasteiger partial charge in [0.25, 0.3) is 0 Å². The SMILES string of the molecule is CCN(CC1CC1)[C@@H]1Cc2ccc(O)cc2[C@@]2(CC)CC(O)[C@@H](NC(=O)C3CCCCC3)C[C@@]12O. The lowest BCUT2D eigenvalue weighted by Gasteiger charge is -2.62. The molecule has 0 bridgehead atoms. The summed E-state index contributed by atoms with van der Waals surface area (Å²) in [6, 6.07) is 5.00. The van der Waals surface area contributed by atoms with Crippen LogP contribution in [-0.4, -0.2) is 63.0 Å². The van der Waals surface area contributed by atoms with E-state index in [-0.39, 0.29) is 23.6 Å². The molecular weight excluding hydrogens is 440 g/mol. The number of likely N-dealkylation sites (N-methyl/N-ethyl adjacent to an activating group) is 1. The molecule has 1 aromatic rings. The molecular formula is C29H44N2O4. The van der Waals surface area contributed by atoms with Crippen LogP contribution in [0.4, 0.5) is 0 Å². The van der Waals surface area contributed by atoms with Crippen LogP contribution in [0, 0.1) is 11.8 Å². The average molecular weight is 485 g/mol. The van der Waals surface area contributed by atoms with Crippen molar-refractivity contribution in [2.45, 2.75) is 114 Å². The van der Waals surface area contributed by atoms with Gasteiger partial charge >= 0.3 is 0 Å². The summed E-state index contributed by atoms with van der Waals surface area (Å²) in [6.07, 6.45) is 9.05. The molecule has 6 nitrogen and oxygen atoms in total. The Labute approximate surface area is 210 Å². The summed E-state index contributed by atoms with van der Waals surface area (Å²) in [7, 11) is 0. The molecule has 5 rings (SSSR count). The Balaban J connectivity index is 1.51. The van der Waals surface area contributed by atoms with Gasteiger partial charge in [-0.15, -0.1) is 0 Å². The van der Waals surface area contributed by atoms with E-state index in [4.69, 9.17) is 0 Å². The summed E-state index contributed by atoms with van der Waals surface area (Å²) in [5, 5.41) is 37.8. The third kappa shape index (κ3) is 4.40. The minimum Gasteiger partial charge on any atom is -0.508 e. The summed E-state index contributed by atoms with van der Waals surface area (Å²) in [4.78, 5) is 15.6. The summed E-state index contributed by atoms with van der Waals surface area (Å²) < 4.78 is 0. The molecule has 4 aliphatic rings. The van der Waals surface area contributed by atoms with Gasteiger partial charge in [0.1, 0.15) is 5.75 Å². The third-order valence-corrected chi connectivity index (χ3v) is 9.90. The van der Waals surface area contributed by atoms with Crippen LogP contribution in [0.5, 0.6) is 5.75 Å². The maximum absolute atomic E-state index is 13.1. The molecule has 0 spiro atoms. The van der Waals surface area contributed by atoms with Gasteiger partial charge < -0.3 is 20.6 Å².